The van der Waals surface area contributed by atoms with Crippen LogP contribution in [0.2, 0.25) is 0 Å². The number of benzene rings is 2. The summed E-state index contributed by atoms with van der Waals surface area (Å²) in [6.07, 6.45) is 1.45. The number of carbonyl (C=O) groups excluding carboxylic acids is 2. The van der Waals surface area contributed by atoms with E-state index in [1.54, 1.807) is 30.3 Å². The highest BCUT2D eigenvalue weighted by Crippen LogP contribution is 2.13. The van der Waals surface area contributed by atoms with Crippen molar-refractivity contribution in [2.45, 2.75) is 6.54 Å². The Hall–Kier alpha value is -3.74. The lowest BCUT2D eigenvalue weighted by Gasteiger charge is -2.09. The summed E-state index contributed by atoms with van der Waals surface area (Å²) in [6.45, 7) is 0.188. The molecule has 0 aliphatic heterocycles. The van der Waals surface area contributed by atoms with E-state index in [9.17, 15) is 18.8 Å². The van der Waals surface area contributed by atoms with Gasteiger partial charge in [-0.05, 0) is 54.1 Å². The summed E-state index contributed by atoms with van der Waals surface area (Å²) in [5.41, 5.74) is 1.17. The highest BCUT2D eigenvalue weighted by Gasteiger charge is 2.10. The zero-order chi connectivity index (χ0) is 19.2. The fraction of sp³-hybridized carbons (Fsp3) is 0.0500. The van der Waals surface area contributed by atoms with Crippen molar-refractivity contribution in [1.29, 1.82) is 0 Å². The van der Waals surface area contributed by atoms with Crippen molar-refractivity contribution < 1.29 is 14.0 Å². The number of nitrogens with one attached hydrogen (secondary N) is 3. The third kappa shape index (κ3) is 4.66. The molecule has 0 bridgehead atoms. The van der Waals surface area contributed by atoms with Gasteiger partial charge in [-0.2, -0.15) is 0 Å². The van der Waals surface area contributed by atoms with Crippen LogP contribution in [0.4, 0.5) is 10.1 Å². The lowest BCUT2D eigenvalue weighted by Crippen LogP contribution is -2.28. The largest absolute Gasteiger partial charge is 0.348 e. The highest BCUT2D eigenvalue weighted by molar-refractivity contribution is 6.04. The van der Waals surface area contributed by atoms with Gasteiger partial charge < -0.3 is 15.6 Å². The molecule has 0 unspecified atom stereocenters. The number of aromatic nitrogens is 1. The predicted molar refractivity (Wildman–Crippen MR) is 99.0 cm³/mol. The van der Waals surface area contributed by atoms with Gasteiger partial charge in [0.05, 0.1) is 0 Å². The van der Waals surface area contributed by atoms with Crippen LogP contribution in [0.3, 0.4) is 0 Å². The van der Waals surface area contributed by atoms with Gasteiger partial charge in [-0.1, -0.05) is 12.1 Å². The Morgan fingerprint density at radius 1 is 0.963 bits per heavy atom. The van der Waals surface area contributed by atoms with E-state index in [1.165, 1.54) is 36.5 Å². The molecule has 1 aromatic heterocycles. The van der Waals surface area contributed by atoms with E-state index in [4.69, 9.17) is 0 Å². The van der Waals surface area contributed by atoms with Gasteiger partial charge >= 0.3 is 0 Å². The molecule has 3 aromatic rings. The van der Waals surface area contributed by atoms with E-state index in [0.717, 1.165) is 5.56 Å². The summed E-state index contributed by atoms with van der Waals surface area (Å²) < 4.78 is 12.9. The summed E-state index contributed by atoms with van der Waals surface area (Å²) >= 11 is 0. The maximum atomic E-state index is 12.9. The maximum Gasteiger partial charge on any atom is 0.260 e. The minimum Gasteiger partial charge on any atom is -0.348 e. The highest BCUT2D eigenvalue weighted by atomic mass is 19.1. The standard InChI is InChI=1S/C20H16FN3O3/c21-15-8-6-14(7-9-15)18(25)24-16-4-1-3-13(11-16)12-23-20(27)17-5-2-10-22-19(17)26/h1-11H,12H2,(H,22,26)(H,23,27)(H,24,25). The van der Waals surface area contributed by atoms with Crippen molar-refractivity contribution in [1.82, 2.24) is 10.3 Å². The Bertz CT molecular complexity index is 1030. The number of halogens is 1. The summed E-state index contributed by atoms with van der Waals surface area (Å²) in [5.74, 6) is -1.27. The molecule has 0 aliphatic carbocycles. The molecule has 0 saturated heterocycles. The summed E-state index contributed by atoms with van der Waals surface area (Å²) in [5, 5.41) is 5.38. The van der Waals surface area contributed by atoms with Crippen molar-refractivity contribution in [2.75, 3.05) is 5.32 Å². The molecule has 1 heterocycles. The molecule has 2 aromatic carbocycles. The van der Waals surface area contributed by atoms with Gasteiger partial charge in [-0.25, -0.2) is 4.39 Å². The van der Waals surface area contributed by atoms with Crippen LogP contribution in [0.25, 0.3) is 0 Å². The molecule has 2 amide bonds. The van der Waals surface area contributed by atoms with Crippen LogP contribution in [-0.2, 0) is 6.54 Å². The van der Waals surface area contributed by atoms with Crippen LogP contribution in [0.15, 0.2) is 71.7 Å². The van der Waals surface area contributed by atoms with E-state index in [2.05, 4.69) is 15.6 Å². The first-order chi connectivity index (χ1) is 13.0. The smallest absolute Gasteiger partial charge is 0.260 e. The molecule has 0 aliphatic rings. The quantitative estimate of drug-likeness (QED) is 0.649. The third-order valence-electron chi connectivity index (χ3n) is 3.81. The van der Waals surface area contributed by atoms with Crippen molar-refractivity contribution in [3.63, 3.8) is 0 Å². The maximum absolute atomic E-state index is 12.9. The first kappa shape index (κ1) is 18.1. The second kappa shape index (κ2) is 8.09. The van der Waals surface area contributed by atoms with Crippen molar-refractivity contribution >= 4 is 17.5 Å². The number of amides is 2. The van der Waals surface area contributed by atoms with E-state index in [-0.39, 0.29) is 18.0 Å². The zero-order valence-corrected chi connectivity index (χ0v) is 14.2. The molecule has 27 heavy (non-hydrogen) atoms. The molecule has 3 rings (SSSR count). The van der Waals surface area contributed by atoms with E-state index in [1.807, 2.05) is 0 Å². The number of carbonyl (C=O) groups is 2. The number of rotatable bonds is 5. The first-order valence-corrected chi connectivity index (χ1v) is 8.15. The first-order valence-electron chi connectivity index (χ1n) is 8.15. The Morgan fingerprint density at radius 3 is 2.48 bits per heavy atom. The van der Waals surface area contributed by atoms with Crippen LogP contribution in [0.1, 0.15) is 26.3 Å². The number of H-pyrrole nitrogens is 1. The normalized spacial score (nSPS) is 10.3. The summed E-state index contributed by atoms with van der Waals surface area (Å²) in [6, 6.07) is 15.2. The Balaban J connectivity index is 1.64. The molecular formula is C20H16FN3O3. The molecular weight excluding hydrogens is 349 g/mol. The lowest BCUT2D eigenvalue weighted by atomic mass is 10.1. The Morgan fingerprint density at radius 2 is 1.74 bits per heavy atom. The Labute approximate surface area is 154 Å². The average molecular weight is 365 g/mol. The Kier molecular flexibility index (Phi) is 5.41. The second-order valence-corrected chi connectivity index (χ2v) is 5.76. The molecule has 7 heteroatoms. The van der Waals surface area contributed by atoms with Crippen LogP contribution >= 0.6 is 0 Å². The second-order valence-electron chi connectivity index (χ2n) is 5.76. The van der Waals surface area contributed by atoms with Crippen LogP contribution < -0.4 is 16.2 Å². The van der Waals surface area contributed by atoms with Crippen molar-refractivity contribution in [2.24, 2.45) is 0 Å². The lowest BCUT2D eigenvalue weighted by molar-refractivity contribution is 0.0948. The number of pyridine rings is 1. The van der Waals surface area contributed by atoms with Crippen LogP contribution in [-0.4, -0.2) is 16.8 Å². The zero-order valence-electron chi connectivity index (χ0n) is 14.2. The molecule has 0 atom stereocenters. The number of hydrogen-bond donors (Lipinski definition) is 3. The van der Waals surface area contributed by atoms with Gasteiger partial charge in [-0.15, -0.1) is 0 Å². The van der Waals surface area contributed by atoms with E-state index < -0.39 is 17.3 Å². The van der Waals surface area contributed by atoms with Gasteiger partial charge in [0.1, 0.15) is 11.4 Å². The van der Waals surface area contributed by atoms with Gasteiger partial charge in [0, 0.05) is 24.0 Å². The van der Waals surface area contributed by atoms with Crippen LogP contribution in [0, 0.1) is 5.82 Å². The summed E-state index contributed by atoms with van der Waals surface area (Å²) in [4.78, 5) is 38.3. The van der Waals surface area contributed by atoms with Gasteiger partial charge in [0.25, 0.3) is 17.4 Å². The van der Waals surface area contributed by atoms with Crippen LogP contribution in [0.5, 0.6) is 0 Å². The van der Waals surface area contributed by atoms with Crippen molar-refractivity contribution in [3.05, 3.63) is 99.7 Å². The molecule has 3 N–H and O–H groups in total. The van der Waals surface area contributed by atoms with Gasteiger partial charge in [-0.3, -0.25) is 14.4 Å². The minimum absolute atomic E-state index is 0.0262. The minimum atomic E-state index is -0.488. The van der Waals surface area contributed by atoms with E-state index in [0.29, 0.717) is 11.3 Å². The molecule has 0 radical (unpaired) electrons. The van der Waals surface area contributed by atoms with E-state index >= 15 is 0 Å². The summed E-state index contributed by atoms with van der Waals surface area (Å²) in [7, 11) is 0. The topological polar surface area (TPSA) is 91.1 Å². The van der Waals surface area contributed by atoms with Crippen molar-refractivity contribution in [3.8, 4) is 0 Å². The third-order valence-corrected chi connectivity index (χ3v) is 3.81. The number of anilines is 1. The number of aromatic amines is 1. The molecule has 0 spiro atoms. The molecule has 0 saturated carbocycles. The fourth-order valence-electron chi connectivity index (χ4n) is 2.44. The molecule has 136 valence electrons. The SMILES string of the molecule is O=C(Nc1cccc(CNC(=O)c2ccc[nH]c2=O)c1)c1ccc(F)cc1. The van der Waals surface area contributed by atoms with Gasteiger partial charge in [0.15, 0.2) is 0 Å². The predicted octanol–water partition coefficient (Wildman–Crippen LogP) is 2.70. The monoisotopic (exact) mass is 365 g/mol. The molecule has 0 fully saturated rings. The number of hydrogen-bond acceptors (Lipinski definition) is 3. The fourth-order valence-corrected chi connectivity index (χ4v) is 2.44. The average Bonchev–Trinajstić information content (AvgIpc) is 2.67. The van der Waals surface area contributed by atoms with Gasteiger partial charge in [0.2, 0.25) is 0 Å². The molecule has 6 nitrogen and oxygen atoms in total.